The molecule has 0 saturated carbocycles. The predicted molar refractivity (Wildman–Crippen MR) is 126 cm³/mol. The summed E-state index contributed by atoms with van der Waals surface area (Å²) in [5, 5.41) is 2.33. The first-order chi connectivity index (χ1) is 16.3. The lowest BCUT2D eigenvalue weighted by molar-refractivity contribution is -0.137. The Morgan fingerprint density at radius 1 is 0.824 bits per heavy atom. The molecule has 0 unspecified atom stereocenters. The predicted octanol–water partition coefficient (Wildman–Crippen LogP) is 5.20. The Morgan fingerprint density at radius 2 is 1.41 bits per heavy atom. The highest BCUT2D eigenvalue weighted by Gasteiger charge is 2.33. The van der Waals surface area contributed by atoms with Crippen LogP contribution < -0.4 is 10.2 Å². The number of alkyl halides is 3. The van der Waals surface area contributed by atoms with Gasteiger partial charge in [-0.15, -0.1) is 0 Å². The molecule has 1 N–H and O–H groups in total. The number of benzene rings is 3. The first kappa shape index (κ1) is 25.0. The average molecular weight is 470 g/mol. The highest BCUT2D eigenvalue weighted by molar-refractivity contribution is 5.96. The van der Waals surface area contributed by atoms with E-state index in [-0.39, 0.29) is 24.7 Å². The van der Waals surface area contributed by atoms with Gasteiger partial charge < -0.3 is 10.2 Å². The van der Waals surface area contributed by atoms with Crippen molar-refractivity contribution in [1.82, 2.24) is 4.90 Å². The van der Waals surface area contributed by atoms with Crippen LogP contribution in [0.25, 0.3) is 0 Å². The molecule has 0 spiro atoms. The van der Waals surface area contributed by atoms with Crippen LogP contribution in [0.4, 0.5) is 24.5 Å². The molecule has 0 atom stereocenters. The second-order valence-electron chi connectivity index (χ2n) is 7.70. The van der Waals surface area contributed by atoms with Gasteiger partial charge in [-0.25, -0.2) is 0 Å². The van der Waals surface area contributed by atoms with Crippen molar-refractivity contribution in [2.45, 2.75) is 19.6 Å². The van der Waals surface area contributed by atoms with Crippen molar-refractivity contribution in [3.8, 4) is 0 Å². The van der Waals surface area contributed by atoms with Crippen molar-refractivity contribution in [2.24, 2.45) is 0 Å². The number of halogens is 3. The number of nitrogens with zero attached hydrogens (tertiary/aromatic N) is 2. The van der Waals surface area contributed by atoms with Gasteiger partial charge in [0.05, 0.1) is 30.9 Å². The van der Waals surface area contributed by atoms with Gasteiger partial charge in [-0.05, 0) is 36.4 Å². The molecular weight excluding hydrogens is 443 g/mol. The molecule has 0 radical (unpaired) electrons. The van der Waals surface area contributed by atoms with Gasteiger partial charge in [0, 0.05) is 5.69 Å². The fourth-order valence-electron chi connectivity index (χ4n) is 3.49. The molecular formula is C26H26F3N3O2. The fourth-order valence-corrected chi connectivity index (χ4v) is 3.49. The maximum absolute atomic E-state index is 13.2. The molecule has 3 aromatic rings. The van der Waals surface area contributed by atoms with E-state index in [0.29, 0.717) is 13.1 Å². The molecule has 0 saturated heterocycles. The van der Waals surface area contributed by atoms with Gasteiger partial charge in [-0.3, -0.25) is 14.5 Å². The number of anilines is 2. The molecule has 0 heterocycles. The maximum Gasteiger partial charge on any atom is 0.418 e. The topological polar surface area (TPSA) is 52.7 Å². The highest BCUT2D eigenvalue weighted by Crippen LogP contribution is 2.34. The zero-order valence-corrected chi connectivity index (χ0v) is 18.8. The molecule has 0 aliphatic heterocycles. The Morgan fingerprint density at radius 3 is 2.03 bits per heavy atom. The second kappa shape index (κ2) is 11.5. The maximum atomic E-state index is 13.2. The molecule has 8 heteroatoms. The first-order valence-corrected chi connectivity index (χ1v) is 10.9. The lowest BCUT2D eigenvalue weighted by atomic mass is 10.1. The molecule has 34 heavy (non-hydrogen) atoms. The van der Waals surface area contributed by atoms with Crippen molar-refractivity contribution < 1.29 is 22.8 Å². The van der Waals surface area contributed by atoms with E-state index in [1.165, 1.54) is 18.2 Å². The van der Waals surface area contributed by atoms with Gasteiger partial charge >= 0.3 is 6.18 Å². The average Bonchev–Trinajstić information content (AvgIpc) is 2.83. The van der Waals surface area contributed by atoms with Crippen molar-refractivity contribution in [3.05, 3.63) is 96.1 Å². The number of rotatable bonds is 9. The molecule has 0 aromatic heterocycles. The van der Waals surface area contributed by atoms with Crippen LogP contribution in [0.2, 0.25) is 0 Å². The zero-order chi connectivity index (χ0) is 24.6. The van der Waals surface area contributed by atoms with Gasteiger partial charge in [0.2, 0.25) is 11.8 Å². The van der Waals surface area contributed by atoms with Crippen molar-refractivity contribution in [2.75, 3.05) is 29.9 Å². The van der Waals surface area contributed by atoms with Gasteiger partial charge in [-0.2, -0.15) is 13.2 Å². The monoisotopic (exact) mass is 469 g/mol. The quantitative estimate of drug-likeness (QED) is 0.469. The lowest BCUT2D eigenvalue weighted by Gasteiger charge is -2.27. The number of hydrogen-bond donors (Lipinski definition) is 1. The van der Waals surface area contributed by atoms with Crippen molar-refractivity contribution in [1.29, 1.82) is 0 Å². The third kappa shape index (κ3) is 6.92. The van der Waals surface area contributed by atoms with Crippen LogP contribution in [0.3, 0.4) is 0 Å². The Balaban J connectivity index is 1.70. The molecule has 5 nitrogen and oxygen atoms in total. The molecule has 178 valence electrons. The Labute approximate surface area is 196 Å². The summed E-state index contributed by atoms with van der Waals surface area (Å²) >= 11 is 0. The zero-order valence-electron chi connectivity index (χ0n) is 18.8. The summed E-state index contributed by atoms with van der Waals surface area (Å²) in [4.78, 5) is 29.0. The SMILES string of the molecule is CCN(CC(=O)Nc1ccccc1C(F)(F)F)CC(=O)N(Cc1ccccc1)c1ccccc1. The third-order valence-corrected chi connectivity index (χ3v) is 5.23. The largest absolute Gasteiger partial charge is 0.418 e. The van der Waals surface area contributed by atoms with Crippen LogP contribution in [0.5, 0.6) is 0 Å². The van der Waals surface area contributed by atoms with E-state index in [1.807, 2.05) is 60.7 Å². The van der Waals surface area contributed by atoms with Crippen LogP contribution in [0, 0.1) is 0 Å². The van der Waals surface area contributed by atoms with Crippen LogP contribution >= 0.6 is 0 Å². The Kier molecular flexibility index (Phi) is 8.43. The van der Waals surface area contributed by atoms with Gasteiger partial charge in [0.25, 0.3) is 0 Å². The summed E-state index contributed by atoms with van der Waals surface area (Å²) in [5.74, 6) is -0.846. The van der Waals surface area contributed by atoms with Gasteiger partial charge in [-0.1, -0.05) is 67.6 Å². The molecule has 3 rings (SSSR count). The van der Waals surface area contributed by atoms with Crippen molar-refractivity contribution in [3.63, 3.8) is 0 Å². The highest BCUT2D eigenvalue weighted by atomic mass is 19.4. The van der Waals surface area contributed by atoms with E-state index in [4.69, 9.17) is 0 Å². The summed E-state index contributed by atoms with van der Waals surface area (Å²) in [7, 11) is 0. The number of para-hydroxylation sites is 2. The molecule has 3 aromatic carbocycles. The standard InChI is InChI=1S/C26H26F3N3O2/c1-2-31(18-24(33)30-23-16-10-9-15-22(23)26(27,28)29)19-25(34)32(21-13-7-4-8-14-21)17-20-11-5-3-6-12-20/h3-16H,2,17-19H2,1H3,(H,30,33). The minimum absolute atomic E-state index is 0.0629. The Hall–Kier alpha value is -3.65. The van der Waals surface area contributed by atoms with Crippen LogP contribution in [-0.4, -0.2) is 36.3 Å². The minimum Gasteiger partial charge on any atom is -0.324 e. The molecule has 2 amide bonds. The molecule has 0 fully saturated rings. The lowest BCUT2D eigenvalue weighted by Crippen LogP contribution is -2.43. The van der Waals surface area contributed by atoms with E-state index in [2.05, 4.69) is 5.32 Å². The van der Waals surface area contributed by atoms with Crippen LogP contribution in [-0.2, 0) is 22.3 Å². The Bertz CT molecular complexity index is 1090. The number of hydrogen-bond acceptors (Lipinski definition) is 3. The number of carbonyl (C=O) groups excluding carboxylic acids is 2. The van der Waals surface area contributed by atoms with Crippen molar-refractivity contribution >= 4 is 23.2 Å². The molecule has 0 aliphatic carbocycles. The smallest absolute Gasteiger partial charge is 0.324 e. The summed E-state index contributed by atoms with van der Waals surface area (Å²) < 4.78 is 39.6. The van der Waals surface area contributed by atoms with Crippen LogP contribution in [0.15, 0.2) is 84.9 Å². The third-order valence-electron chi connectivity index (χ3n) is 5.23. The summed E-state index contributed by atoms with van der Waals surface area (Å²) in [6, 6.07) is 23.5. The summed E-state index contributed by atoms with van der Waals surface area (Å²) in [6.45, 7) is 2.23. The number of carbonyl (C=O) groups is 2. The normalized spacial score (nSPS) is 11.3. The van der Waals surface area contributed by atoms with E-state index >= 15 is 0 Å². The van der Waals surface area contributed by atoms with E-state index < -0.39 is 17.6 Å². The minimum atomic E-state index is -4.59. The summed E-state index contributed by atoms with van der Waals surface area (Å²) in [6.07, 6.45) is -4.59. The fraction of sp³-hybridized carbons (Fsp3) is 0.231. The first-order valence-electron chi connectivity index (χ1n) is 10.9. The molecule has 0 bridgehead atoms. The number of nitrogens with one attached hydrogen (secondary N) is 1. The van der Waals surface area contributed by atoms with Gasteiger partial charge in [0.1, 0.15) is 0 Å². The van der Waals surface area contributed by atoms with E-state index in [1.54, 1.807) is 16.7 Å². The molecule has 0 aliphatic rings. The summed E-state index contributed by atoms with van der Waals surface area (Å²) in [5.41, 5.74) is 0.443. The van der Waals surface area contributed by atoms with Crippen LogP contribution in [0.1, 0.15) is 18.1 Å². The van der Waals surface area contributed by atoms with E-state index in [9.17, 15) is 22.8 Å². The number of amides is 2. The van der Waals surface area contributed by atoms with E-state index in [0.717, 1.165) is 17.3 Å². The van der Waals surface area contributed by atoms with Gasteiger partial charge in [0.15, 0.2) is 0 Å². The number of likely N-dealkylation sites (N-methyl/N-ethyl adjacent to an activating group) is 1. The second-order valence-corrected chi connectivity index (χ2v) is 7.70.